The predicted molar refractivity (Wildman–Crippen MR) is 66.7 cm³/mol. The van der Waals surface area contributed by atoms with Crippen LogP contribution >= 0.6 is 0 Å². The van der Waals surface area contributed by atoms with Crippen molar-refractivity contribution in [2.45, 2.75) is 19.9 Å². The molecular weight excluding hydrogens is 235 g/mol. The van der Waals surface area contributed by atoms with Crippen molar-refractivity contribution in [3.8, 4) is 0 Å². The number of hydrogen-bond acceptors (Lipinski definition) is 3. The zero-order valence-corrected chi connectivity index (χ0v) is 10.5. The lowest BCUT2D eigenvalue weighted by Gasteiger charge is -2.25. The van der Waals surface area contributed by atoms with Gasteiger partial charge in [-0.1, -0.05) is 6.07 Å². The van der Waals surface area contributed by atoms with Crippen LogP contribution in [0.1, 0.15) is 12.5 Å². The Morgan fingerprint density at radius 3 is 2.94 bits per heavy atom. The number of ether oxygens (including phenoxy) is 1. The van der Waals surface area contributed by atoms with E-state index in [2.05, 4.69) is 5.32 Å². The van der Waals surface area contributed by atoms with Crippen LogP contribution in [0.5, 0.6) is 0 Å². The van der Waals surface area contributed by atoms with Gasteiger partial charge in [-0.15, -0.1) is 0 Å². The van der Waals surface area contributed by atoms with Crippen LogP contribution in [-0.4, -0.2) is 25.2 Å². The van der Waals surface area contributed by atoms with Gasteiger partial charge < -0.3 is 15.8 Å². The maximum atomic E-state index is 13.4. The molecule has 0 radical (unpaired) electrons. The Labute approximate surface area is 105 Å². The molecule has 5 heteroatoms. The molecule has 0 aromatic heterocycles. The van der Waals surface area contributed by atoms with Gasteiger partial charge in [0.15, 0.2) is 0 Å². The van der Waals surface area contributed by atoms with Crippen LogP contribution in [0.2, 0.25) is 0 Å². The molecule has 98 valence electrons. The third-order valence-electron chi connectivity index (χ3n) is 3.55. The van der Waals surface area contributed by atoms with Gasteiger partial charge in [-0.25, -0.2) is 4.39 Å². The number of carbonyl (C=O) groups is 1. The zero-order valence-electron chi connectivity index (χ0n) is 10.5. The third kappa shape index (κ3) is 2.11. The average Bonchev–Trinajstić information content (AvgIpc) is 2.67. The fraction of sp³-hybridized carbons (Fsp3) is 0.462. The van der Waals surface area contributed by atoms with E-state index in [1.165, 1.54) is 6.07 Å². The van der Waals surface area contributed by atoms with E-state index in [9.17, 15) is 9.18 Å². The van der Waals surface area contributed by atoms with Gasteiger partial charge in [0.1, 0.15) is 5.82 Å². The first-order valence-electron chi connectivity index (χ1n) is 5.85. The number of nitrogens with one attached hydrogen (secondary N) is 1. The second-order valence-corrected chi connectivity index (χ2v) is 4.91. The lowest BCUT2D eigenvalue weighted by Crippen LogP contribution is -2.47. The Balaban J connectivity index is 2.19. The van der Waals surface area contributed by atoms with E-state index in [0.29, 0.717) is 17.9 Å². The molecule has 1 amide bonds. The lowest BCUT2D eigenvalue weighted by molar-refractivity contribution is -0.125. The van der Waals surface area contributed by atoms with Crippen LogP contribution in [0.4, 0.5) is 10.1 Å². The van der Waals surface area contributed by atoms with E-state index in [-0.39, 0.29) is 24.4 Å². The number of benzene rings is 1. The number of halogens is 1. The van der Waals surface area contributed by atoms with E-state index < -0.39 is 5.41 Å². The van der Waals surface area contributed by atoms with Gasteiger partial charge in [-0.2, -0.15) is 0 Å². The van der Waals surface area contributed by atoms with Crippen molar-refractivity contribution >= 4 is 11.6 Å². The largest absolute Gasteiger partial charge is 0.379 e. The summed E-state index contributed by atoms with van der Waals surface area (Å²) in [7, 11) is 0. The molecule has 2 atom stereocenters. The second kappa shape index (κ2) is 4.66. The van der Waals surface area contributed by atoms with Crippen LogP contribution in [0.3, 0.4) is 0 Å². The number of nitrogens with two attached hydrogens (primary N) is 1. The molecular formula is C13H17FN2O2. The van der Waals surface area contributed by atoms with Gasteiger partial charge in [0, 0.05) is 17.3 Å². The fourth-order valence-electron chi connectivity index (χ4n) is 1.93. The number of rotatable bonds is 2. The first-order chi connectivity index (χ1) is 8.45. The first-order valence-corrected chi connectivity index (χ1v) is 5.85. The fourth-order valence-corrected chi connectivity index (χ4v) is 1.93. The van der Waals surface area contributed by atoms with E-state index in [1.54, 1.807) is 26.0 Å². The molecule has 1 aromatic carbocycles. The van der Waals surface area contributed by atoms with Crippen molar-refractivity contribution in [3.63, 3.8) is 0 Å². The van der Waals surface area contributed by atoms with Gasteiger partial charge >= 0.3 is 0 Å². The van der Waals surface area contributed by atoms with Crippen LogP contribution < -0.4 is 11.1 Å². The summed E-state index contributed by atoms with van der Waals surface area (Å²) in [5.41, 5.74) is 6.00. The molecule has 18 heavy (non-hydrogen) atoms. The summed E-state index contributed by atoms with van der Waals surface area (Å²) >= 11 is 0. The van der Waals surface area contributed by atoms with Gasteiger partial charge in [0.2, 0.25) is 5.91 Å². The zero-order chi connectivity index (χ0) is 13.3. The van der Waals surface area contributed by atoms with Gasteiger partial charge in [-0.3, -0.25) is 4.79 Å². The van der Waals surface area contributed by atoms with E-state index in [1.807, 2.05) is 0 Å². The Bertz CT molecular complexity index is 478. The maximum absolute atomic E-state index is 13.4. The summed E-state index contributed by atoms with van der Waals surface area (Å²) in [5.74, 6) is -0.578. The van der Waals surface area contributed by atoms with Gasteiger partial charge in [0.25, 0.3) is 0 Å². The minimum Gasteiger partial charge on any atom is -0.379 e. The van der Waals surface area contributed by atoms with E-state index >= 15 is 0 Å². The summed E-state index contributed by atoms with van der Waals surface area (Å²) in [6.45, 7) is 4.04. The molecule has 1 aliphatic rings. The van der Waals surface area contributed by atoms with Crippen molar-refractivity contribution in [2.24, 2.45) is 11.1 Å². The third-order valence-corrected chi connectivity index (χ3v) is 3.55. The first kappa shape index (κ1) is 13.0. The number of hydrogen-bond donors (Lipinski definition) is 2. The Morgan fingerprint density at radius 1 is 1.61 bits per heavy atom. The highest BCUT2D eigenvalue weighted by molar-refractivity contribution is 5.96. The molecule has 0 saturated carbocycles. The number of carbonyl (C=O) groups excluding carboxylic acids is 1. The monoisotopic (exact) mass is 252 g/mol. The molecule has 2 unspecified atom stereocenters. The molecule has 3 N–H and O–H groups in total. The quantitative estimate of drug-likeness (QED) is 0.837. The highest BCUT2D eigenvalue weighted by atomic mass is 19.1. The standard InChI is InChI=1S/C13H17FN2O2/c1-8-9(14)4-3-5-10(8)16-12(17)13(2)7-18-6-11(13)15/h3-5,11H,6-7,15H2,1-2H3,(H,16,17). The topological polar surface area (TPSA) is 64.3 Å². The van der Waals surface area contributed by atoms with Gasteiger partial charge in [0.05, 0.1) is 18.6 Å². The Morgan fingerprint density at radius 2 is 2.33 bits per heavy atom. The van der Waals surface area contributed by atoms with Gasteiger partial charge in [-0.05, 0) is 26.0 Å². The molecule has 0 bridgehead atoms. The molecule has 1 fully saturated rings. The summed E-state index contributed by atoms with van der Waals surface area (Å²) in [6.07, 6.45) is 0. The van der Waals surface area contributed by atoms with Crippen LogP contribution in [0, 0.1) is 18.2 Å². The van der Waals surface area contributed by atoms with Crippen LogP contribution in [0.25, 0.3) is 0 Å². The molecule has 0 aliphatic carbocycles. The Kier molecular flexibility index (Phi) is 3.36. The minimum absolute atomic E-state index is 0.235. The molecule has 0 spiro atoms. The summed E-state index contributed by atoms with van der Waals surface area (Å²) < 4.78 is 18.6. The number of amides is 1. The van der Waals surface area contributed by atoms with Crippen molar-refractivity contribution < 1.29 is 13.9 Å². The molecule has 2 rings (SSSR count). The SMILES string of the molecule is Cc1c(F)cccc1NC(=O)C1(C)COCC1N. The predicted octanol–water partition coefficient (Wildman–Crippen LogP) is 1.44. The smallest absolute Gasteiger partial charge is 0.234 e. The molecule has 1 saturated heterocycles. The normalized spacial score (nSPS) is 27.2. The lowest BCUT2D eigenvalue weighted by atomic mass is 9.84. The van der Waals surface area contributed by atoms with Crippen LogP contribution in [0.15, 0.2) is 18.2 Å². The minimum atomic E-state index is -0.765. The van der Waals surface area contributed by atoms with Crippen molar-refractivity contribution in [2.75, 3.05) is 18.5 Å². The average molecular weight is 252 g/mol. The summed E-state index contributed by atoms with van der Waals surface area (Å²) in [4.78, 5) is 12.2. The maximum Gasteiger partial charge on any atom is 0.234 e. The highest BCUT2D eigenvalue weighted by Gasteiger charge is 2.44. The molecule has 1 aromatic rings. The summed E-state index contributed by atoms with van der Waals surface area (Å²) in [5, 5.41) is 2.72. The van der Waals surface area contributed by atoms with Crippen LogP contribution in [-0.2, 0) is 9.53 Å². The van der Waals surface area contributed by atoms with Crippen molar-refractivity contribution in [1.82, 2.24) is 0 Å². The van der Waals surface area contributed by atoms with Crippen molar-refractivity contribution in [1.29, 1.82) is 0 Å². The molecule has 4 nitrogen and oxygen atoms in total. The van der Waals surface area contributed by atoms with Crippen molar-refractivity contribution in [3.05, 3.63) is 29.6 Å². The second-order valence-electron chi connectivity index (χ2n) is 4.91. The van der Waals surface area contributed by atoms with E-state index in [0.717, 1.165) is 0 Å². The Hall–Kier alpha value is -1.46. The summed E-state index contributed by atoms with van der Waals surface area (Å²) in [6, 6.07) is 4.25. The molecule has 1 heterocycles. The highest BCUT2D eigenvalue weighted by Crippen LogP contribution is 2.29. The number of anilines is 1. The van der Waals surface area contributed by atoms with E-state index in [4.69, 9.17) is 10.5 Å². The molecule has 1 aliphatic heterocycles.